The Morgan fingerprint density at radius 1 is 1.67 bits per heavy atom. The molecule has 2 nitrogen and oxygen atoms in total. The van der Waals surface area contributed by atoms with Crippen LogP contribution in [0.2, 0.25) is 0 Å². The molecule has 0 fully saturated rings. The van der Waals surface area contributed by atoms with Gasteiger partial charge in [-0.05, 0) is 18.1 Å². The summed E-state index contributed by atoms with van der Waals surface area (Å²) in [6.45, 7) is 3.75. The second-order valence-electron chi connectivity index (χ2n) is 3.17. The number of rotatable bonds is 1. The van der Waals surface area contributed by atoms with Gasteiger partial charge in [0.1, 0.15) is 0 Å². The lowest BCUT2D eigenvalue weighted by molar-refractivity contribution is 0.0880. The number of hydrogen-bond acceptors (Lipinski definition) is 2. The molecule has 1 aliphatic rings. The van der Waals surface area contributed by atoms with Crippen LogP contribution in [0, 0.1) is 0 Å². The monoisotopic (exact) mass is 163 g/mol. The third kappa shape index (κ3) is 1.23. The highest BCUT2D eigenvalue weighted by atomic mass is 16.5. The van der Waals surface area contributed by atoms with E-state index in [0.29, 0.717) is 5.92 Å². The largest absolute Gasteiger partial charge is 0.376 e. The second kappa shape index (κ2) is 3.23. The summed E-state index contributed by atoms with van der Waals surface area (Å²) < 4.78 is 5.46. The maximum atomic E-state index is 5.46. The standard InChI is InChI=1S/C10H13NO/c1-2-8-6-12-7-9-4-3-5-11-10(8)9/h3-5,8H,2,6-7H2,1H3. The minimum Gasteiger partial charge on any atom is -0.376 e. The fourth-order valence-electron chi connectivity index (χ4n) is 1.64. The van der Waals surface area contributed by atoms with Crippen LogP contribution in [-0.2, 0) is 11.3 Å². The summed E-state index contributed by atoms with van der Waals surface area (Å²) in [5.41, 5.74) is 2.50. The summed E-state index contributed by atoms with van der Waals surface area (Å²) in [5, 5.41) is 0. The van der Waals surface area contributed by atoms with Gasteiger partial charge < -0.3 is 4.74 Å². The lowest BCUT2D eigenvalue weighted by Gasteiger charge is -2.22. The molecule has 0 aliphatic carbocycles. The first kappa shape index (κ1) is 7.74. The van der Waals surface area contributed by atoms with E-state index in [1.54, 1.807) is 0 Å². The topological polar surface area (TPSA) is 22.1 Å². The van der Waals surface area contributed by atoms with Crippen molar-refractivity contribution in [2.24, 2.45) is 0 Å². The third-order valence-corrected chi connectivity index (χ3v) is 2.38. The van der Waals surface area contributed by atoms with E-state index in [1.807, 2.05) is 12.3 Å². The number of ether oxygens (including phenoxy) is 1. The molecular weight excluding hydrogens is 150 g/mol. The van der Waals surface area contributed by atoms with Crippen molar-refractivity contribution in [2.75, 3.05) is 6.61 Å². The Hall–Kier alpha value is -0.890. The maximum Gasteiger partial charge on any atom is 0.0735 e. The summed E-state index contributed by atoms with van der Waals surface area (Å²) >= 11 is 0. The molecule has 0 aromatic carbocycles. The number of pyridine rings is 1. The van der Waals surface area contributed by atoms with Crippen molar-refractivity contribution in [1.29, 1.82) is 0 Å². The molecule has 2 heterocycles. The van der Waals surface area contributed by atoms with Crippen molar-refractivity contribution >= 4 is 0 Å². The van der Waals surface area contributed by atoms with E-state index in [0.717, 1.165) is 19.6 Å². The second-order valence-corrected chi connectivity index (χ2v) is 3.17. The zero-order valence-corrected chi connectivity index (χ0v) is 7.29. The molecule has 1 aliphatic heterocycles. The van der Waals surface area contributed by atoms with E-state index in [1.165, 1.54) is 11.3 Å². The summed E-state index contributed by atoms with van der Waals surface area (Å²) in [6.07, 6.45) is 2.98. The van der Waals surface area contributed by atoms with Crippen LogP contribution in [0.4, 0.5) is 0 Å². The van der Waals surface area contributed by atoms with Crippen LogP contribution in [0.25, 0.3) is 0 Å². The Bertz CT molecular complexity index is 272. The molecule has 64 valence electrons. The molecule has 0 spiro atoms. The molecule has 0 bridgehead atoms. The van der Waals surface area contributed by atoms with Crippen LogP contribution in [0.1, 0.15) is 30.5 Å². The number of nitrogens with zero attached hydrogens (tertiary/aromatic N) is 1. The smallest absolute Gasteiger partial charge is 0.0735 e. The van der Waals surface area contributed by atoms with Crippen molar-refractivity contribution in [3.8, 4) is 0 Å². The third-order valence-electron chi connectivity index (χ3n) is 2.38. The fourth-order valence-corrected chi connectivity index (χ4v) is 1.64. The molecule has 0 N–H and O–H groups in total. The lowest BCUT2D eigenvalue weighted by atomic mass is 9.97. The first-order valence-corrected chi connectivity index (χ1v) is 4.43. The average molecular weight is 163 g/mol. The predicted molar refractivity (Wildman–Crippen MR) is 46.9 cm³/mol. The maximum absolute atomic E-state index is 5.46. The zero-order valence-electron chi connectivity index (χ0n) is 7.29. The molecule has 1 unspecified atom stereocenters. The van der Waals surface area contributed by atoms with Gasteiger partial charge in [0.15, 0.2) is 0 Å². The van der Waals surface area contributed by atoms with Gasteiger partial charge in [-0.1, -0.05) is 13.0 Å². The lowest BCUT2D eigenvalue weighted by Crippen LogP contribution is -2.17. The summed E-state index contributed by atoms with van der Waals surface area (Å²) in [5.74, 6) is 0.509. The Morgan fingerprint density at radius 3 is 3.42 bits per heavy atom. The van der Waals surface area contributed by atoms with Crippen molar-refractivity contribution in [2.45, 2.75) is 25.9 Å². The highest BCUT2D eigenvalue weighted by molar-refractivity contribution is 5.24. The summed E-state index contributed by atoms with van der Waals surface area (Å²) in [7, 11) is 0. The van der Waals surface area contributed by atoms with Crippen LogP contribution in [0.15, 0.2) is 18.3 Å². The Balaban J connectivity index is 2.37. The molecule has 0 saturated heterocycles. The SMILES string of the molecule is CCC1COCc2cccnc21. The van der Waals surface area contributed by atoms with Crippen molar-refractivity contribution in [3.63, 3.8) is 0 Å². The van der Waals surface area contributed by atoms with Gasteiger partial charge in [-0.15, -0.1) is 0 Å². The molecule has 1 atom stereocenters. The van der Waals surface area contributed by atoms with Gasteiger partial charge in [0, 0.05) is 12.1 Å². The summed E-state index contributed by atoms with van der Waals surface area (Å²) in [4.78, 5) is 4.39. The highest BCUT2D eigenvalue weighted by Crippen LogP contribution is 2.26. The first-order chi connectivity index (χ1) is 5.92. The van der Waals surface area contributed by atoms with Crippen LogP contribution >= 0.6 is 0 Å². The number of aromatic nitrogens is 1. The van der Waals surface area contributed by atoms with E-state index in [2.05, 4.69) is 18.0 Å². The van der Waals surface area contributed by atoms with Crippen LogP contribution in [0.5, 0.6) is 0 Å². The Kier molecular flexibility index (Phi) is 2.09. The van der Waals surface area contributed by atoms with E-state index in [9.17, 15) is 0 Å². The van der Waals surface area contributed by atoms with Gasteiger partial charge in [-0.3, -0.25) is 4.98 Å². The van der Waals surface area contributed by atoms with E-state index in [4.69, 9.17) is 4.74 Å². The van der Waals surface area contributed by atoms with Gasteiger partial charge in [-0.2, -0.15) is 0 Å². The minimum absolute atomic E-state index is 0.509. The van der Waals surface area contributed by atoms with E-state index < -0.39 is 0 Å². The molecule has 1 aromatic heterocycles. The van der Waals surface area contributed by atoms with Gasteiger partial charge in [0.25, 0.3) is 0 Å². The van der Waals surface area contributed by atoms with E-state index >= 15 is 0 Å². The molecule has 12 heavy (non-hydrogen) atoms. The Morgan fingerprint density at radius 2 is 2.58 bits per heavy atom. The van der Waals surface area contributed by atoms with Crippen LogP contribution in [-0.4, -0.2) is 11.6 Å². The number of fused-ring (bicyclic) bond motifs is 1. The molecule has 0 radical (unpaired) electrons. The molecule has 2 rings (SSSR count). The van der Waals surface area contributed by atoms with Crippen molar-refractivity contribution < 1.29 is 4.74 Å². The van der Waals surface area contributed by atoms with Gasteiger partial charge in [-0.25, -0.2) is 0 Å². The van der Waals surface area contributed by atoms with Gasteiger partial charge in [0.2, 0.25) is 0 Å². The molecule has 1 aromatic rings. The van der Waals surface area contributed by atoms with Gasteiger partial charge in [0.05, 0.1) is 18.9 Å². The minimum atomic E-state index is 0.509. The quantitative estimate of drug-likeness (QED) is 0.632. The Labute approximate surface area is 72.6 Å². The van der Waals surface area contributed by atoms with Gasteiger partial charge >= 0.3 is 0 Å². The van der Waals surface area contributed by atoms with Crippen molar-refractivity contribution in [1.82, 2.24) is 4.98 Å². The molecule has 0 amide bonds. The molecule has 0 saturated carbocycles. The zero-order chi connectivity index (χ0) is 8.39. The van der Waals surface area contributed by atoms with Crippen LogP contribution in [0.3, 0.4) is 0 Å². The van der Waals surface area contributed by atoms with E-state index in [-0.39, 0.29) is 0 Å². The molecule has 2 heteroatoms. The first-order valence-electron chi connectivity index (χ1n) is 4.43. The average Bonchev–Trinajstić information content (AvgIpc) is 2.17. The van der Waals surface area contributed by atoms with Crippen LogP contribution < -0.4 is 0 Å². The number of hydrogen-bond donors (Lipinski definition) is 0. The van der Waals surface area contributed by atoms with Crippen molar-refractivity contribution in [3.05, 3.63) is 29.6 Å². The summed E-state index contributed by atoms with van der Waals surface area (Å²) in [6, 6.07) is 4.07. The molecular formula is C10H13NO. The predicted octanol–water partition coefficient (Wildman–Crippen LogP) is 2.11. The fraction of sp³-hybridized carbons (Fsp3) is 0.500. The highest BCUT2D eigenvalue weighted by Gasteiger charge is 2.19. The normalized spacial score (nSPS) is 21.9.